The lowest BCUT2D eigenvalue weighted by Gasteiger charge is -2.32. The molecule has 1 aromatic carbocycles. The van der Waals surface area contributed by atoms with Gasteiger partial charge in [-0.1, -0.05) is 0 Å². The van der Waals surface area contributed by atoms with E-state index < -0.39 is 18.3 Å². The zero-order valence-corrected chi connectivity index (χ0v) is 12.3. The SMILES string of the molecule is CC1(C)OB(c2cc(C#N)cc3c2OCC3)OC1(C)C. The van der Waals surface area contributed by atoms with Crippen LogP contribution >= 0.6 is 0 Å². The number of ether oxygens (including phenoxy) is 1. The average molecular weight is 271 g/mol. The zero-order chi connectivity index (χ0) is 14.5. The molecule has 0 spiro atoms. The third-order valence-corrected chi connectivity index (χ3v) is 4.45. The smallest absolute Gasteiger partial charge is 0.493 e. The van der Waals surface area contributed by atoms with E-state index in [1.165, 1.54) is 0 Å². The molecule has 2 aliphatic heterocycles. The maximum atomic E-state index is 9.17. The maximum Gasteiger partial charge on any atom is 0.498 e. The first-order valence-electron chi connectivity index (χ1n) is 6.89. The Morgan fingerprint density at radius 2 is 1.80 bits per heavy atom. The van der Waals surface area contributed by atoms with Gasteiger partial charge in [-0.15, -0.1) is 0 Å². The molecule has 0 saturated carbocycles. The van der Waals surface area contributed by atoms with Gasteiger partial charge in [0.15, 0.2) is 0 Å². The van der Waals surface area contributed by atoms with Gasteiger partial charge in [-0.3, -0.25) is 0 Å². The van der Waals surface area contributed by atoms with Crippen molar-refractivity contribution in [3.8, 4) is 11.8 Å². The van der Waals surface area contributed by atoms with E-state index in [4.69, 9.17) is 19.3 Å². The lowest BCUT2D eigenvalue weighted by atomic mass is 9.76. The minimum absolute atomic E-state index is 0.397. The van der Waals surface area contributed by atoms with Crippen molar-refractivity contribution in [2.24, 2.45) is 0 Å². The van der Waals surface area contributed by atoms with Crippen LogP contribution in [0.1, 0.15) is 38.8 Å². The summed E-state index contributed by atoms with van der Waals surface area (Å²) >= 11 is 0. The molecule has 20 heavy (non-hydrogen) atoms. The molecule has 0 amide bonds. The summed E-state index contributed by atoms with van der Waals surface area (Å²) in [6.45, 7) is 8.71. The standard InChI is InChI=1S/C15H18BNO3/c1-14(2)15(3,4)20-16(19-14)12-8-10(9-17)7-11-5-6-18-13(11)12/h7-8H,5-6H2,1-4H3. The van der Waals surface area contributed by atoms with E-state index in [0.717, 1.165) is 23.2 Å². The van der Waals surface area contributed by atoms with E-state index in [1.807, 2.05) is 39.8 Å². The Balaban J connectivity index is 2.04. The Labute approximate surface area is 119 Å². The van der Waals surface area contributed by atoms with Crippen molar-refractivity contribution < 1.29 is 14.0 Å². The molecular weight excluding hydrogens is 253 g/mol. The molecule has 5 heteroatoms. The monoisotopic (exact) mass is 271 g/mol. The summed E-state index contributed by atoms with van der Waals surface area (Å²) in [5.74, 6) is 0.822. The quantitative estimate of drug-likeness (QED) is 0.731. The summed E-state index contributed by atoms with van der Waals surface area (Å²) in [7, 11) is -0.486. The lowest BCUT2D eigenvalue weighted by molar-refractivity contribution is 0.00578. The molecule has 0 aliphatic carbocycles. The average Bonchev–Trinajstić information content (AvgIpc) is 2.90. The van der Waals surface area contributed by atoms with Gasteiger partial charge in [0.2, 0.25) is 0 Å². The first-order valence-corrected chi connectivity index (χ1v) is 6.89. The Bertz CT molecular complexity index is 588. The van der Waals surface area contributed by atoms with Crippen LogP contribution in [0.25, 0.3) is 0 Å². The van der Waals surface area contributed by atoms with E-state index in [-0.39, 0.29) is 0 Å². The molecular formula is C15H18BNO3. The first kappa shape index (κ1) is 13.5. The number of nitrogens with zero attached hydrogens (tertiary/aromatic N) is 1. The van der Waals surface area contributed by atoms with E-state index in [1.54, 1.807) is 0 Å². The number of nitriles is 1. The minimum Gasteiger partial charge on any atom is -0.493 e. The van der Waals surface area contributed by atoms with Crippen LogP contribution in [0.15, 0.2) is 12.1 Å². The predicted molar refractivity (Wildman–Crippen MR) is 76.1 cm³/mol. The molecule has 1 saturated heterocycles. The summed E-state index contributed by atoms with van der Waals surface area (Å²) in [6, 6.07) is 5.89. The first-order chi connectivity index (χ1) is 9.34. The predicted octanol–water partition coefficient (Wildman–Crippen LogP) is 1.79. The van der Waals surface area contributed by atoms with Crippen LogP contribution in [0, 0.1) is 11.3 Å². The molecule has 1 fully saturated rings. The van der Waals surface area contributed by atoms with Gasteiger partial charge in [-0.2, -0.15) is 5.26 Å². The second kappa shape index (κ2) is 4.24. The maximum absolute atomic E-state index is 9.17. The highest BCUT2D eigenvalue weighted by Crippen LogP contribution is 2.38. The molecule has 2 aliphatic rings. The van der Waals surface area contributed by atoms with Crippen molar-refractivity contribution in [2.75, 3.05) is 6.61 Å². The third-order valence-electron chi connectivity index (χ3n) is 4.45. The van der Waals surface area contributed by atoms with Crippen LogP contribution in [0.4, 0.5) is 0 Å². The Hall–Kier alpha value is -1.51. The number of hydrogen-bond acceptors (Lipinski definition) is 4. The van der Waals surface area contributed by atoms with Crippen LogP contribution in [0.2, 0.25) is 0 Å². The van der Waals surface area contributed by atoms with E-state index in [9.17, 15) is 0 Å². The molecule has 0 atom stereocenters. The summed E-state index contributed by atoms with van der Waals surface area (Å²) in [5.41, 5.74) is 1.72. The number of benzene rings is 1. The fraction of sp³-hybridized carbons (Fsp3) is 0.533. The van der Waals surface area contributed by atoms with Crippen LogP contribution in [0.3, 0.4) is 0 Å². The fourth-order valence-corrected chi connectivity index (χ4v) is 2.55. The van der Waals surface area contributed by atoms with Gasteiger partial charge >= 0.3 is 7.12 Å². The lowest BCUT2D eigenvalue weighted by Crippen LogP contribution is -2.41. The molecule has 0 radical (unpaired) electrons. The molecule has 4 nitrogen and oxygen atoms in total. The molecule has 0 bridgehead atoms. The third kappa shape index (κ3) is 1.91. The highest BCUT2D eigenvalue weighted by Gasteiger charge is 2.52. The van der Waals surface area contributed by atoms with Crippen molar-refractivity contribution in [3.63, 3.8) is 0 Å². The highest BCUT2D eigenvalue weighted by molar-refractivity contribution is 6.63. The molecule has 2 heterocycles. The normalized spacial score (nSPS) is 22.2. The molecule has 0 aromatic heterocycles. The molecule has 0 N–H and O–H groups in total. The summed E-state index contributed by atoms with van der Waals surface area (Å²) in [5, 5.41) is 9.17. The Morgan fingerprint density at radius 1 is 1.15 bits per heavy atom. The van der Waals surface area contributed by atoms with Crippen LogP contribution in [-0.4, -0.2) is 24.9 Å². The van der Waals surface area contributed by atoms with Gasteiger partial charge in [0, 0.05) is 11.9 Å². The zero-order valence-electron chi connectivity index (χ0n) is 12.3. The van der Waals surface area contributed by atoms with Gasteiger partial charge in [-0.05, 0) is 45.4 Å². The van der Waals surface area contributed by atoms with Crippen molar-refractivity contribution in [3.05, 3.63) is 23.3 Å². The van der Waals surface area contributed by atoms with Gasteiger partial charge in [0.25, 0.3) is 0 Å². The van der Waals surface area contributed by atoms with E-state index in [0.29, 0.717) is 12.2 Å². The fourth-order valence-electron chi connectivity index (χ4n) is 2.55. The minimum atomic E-state index is -0.486. The molecule has 0 unspecified atom stereocenters. The Morgan fingerprint density at radius 3 is 2.40 bits per heavy atom. The largest absolute Gasteiger partial charge is 0.498 e. The van der Waals surface area contributed by atoms with Gasteiger partial charge in [0.1, 0.15) is 5.75 Å². The molecule has 104 valence electrons. The van der Waals surface area contributed by atoms with Crippen LogP contribution < -0.4 is 10.2 Å². The second-order valence-corrected chi connectivity index (χ2v) is 6.35. The number of hydrogen-bond donors (Lipinski definition) is 0. The summed E-state index contributed by atoms with van der Waals surface area (Å²) in [6.07, 6.45) is 0.831. The van der Waals surface area contributed by atoms with Crippen molar-refractivity contribution in [2.45, 2.75) is 45.3 Å². The van der Waals surface area contributed by atoms with Crippen molar-refractivity contribution >= 4 is 12.6 Å². The van der Waals surface area contributed by atoms with Crippen molar-refractivity contribution in [1.29, 1.82) is 5.26 Å². The van der Waals surface area contributed by atoms with E-state index in [2.05, 4.69) is 6.07 Å². The number of fused-ring (bicyclic) bond motifs is 1. The molecule has 1 aromatic rings. The highest BCUT2D eigenvalue weighted by atomic mass is 16.7. The van der Waals surface area contributed by atoms with Crippen molar-refractivity contribution in [1.82, 2.24) is 0 Å². The van der Waals surface area contributed by atoms with E-state index >= 15 is 0 Å². The summed E-state index contributed by atoms with van der Waals surface area (Å²) in [4.78, 5) is 0. The van der Waals surface area contributed by atoms with Crippen LogP contribution in [-0.2, 0) is 15.7 Å². The van der Waals surface area contributed by atoms with Gasteiger partial charge < -0.3 is 14.0 Å². The van der Waals surface area contributed by atoms with Gasteiger partial charge in [-0.25, -0.2) is 0 Å². The van der Waals surface area contributed by atoms with Gasteiger partial charge in [0.05, 0.1) is 29.4 Å². The second-order valence-electron chi connectivity index (χ2n) is 6.35. The topological polar surface area (TPSA) is 51.5 Å². The Kier molecular flexibility index (Phi) is 2.86. The van der Waals surface area contributed by atoms with Crippen LogP contribution in [0.5, 0.6) is 5.75 Å². The number of rotatable bonds is 1. The molecule has 3 rings (SSSR count). The summed E-state index contributed by atoms with van der Waals surface area (Å²) < 4.78 is 17.8.